The summed E-state index contributed by atoms with van der Waals surface area (Å²) in [4.78, 5) is 23.3. The zero-order valence-corrected chi connectivity index (χ0v) is 11.5. The van der Waals surface area contributed by atoms with Crippen molar-refractivity contribution in [3.05, 3.63) is 62.4 Å². The third kappa shape index (κ3) is 2.97. The van der Waals surface area contributed by atoms with E-state index >= 15 is 0 Å². The first-order valence-electron chi connectivity index (χ1n) is 6.23. The summed E-state index contributed by atoms with van der Waals surface area (Å²) in [5.74, 6) is 0.225. The van der Waals surface area contributed by atoms with E-state index in [-0.39, 0.29) is 17.0 Å². The van der Waals surface area contributed by atoms with Crippen LogP contribution in [-0.4, -0.2) is 14.2 Å². The summed E-state index contributed by atoms with van der Waals surface area (Å²) < 4.78 is 2.52. The first-order chi connectivity index (χ1) is 9.49. The van der Waals surface area contributed by atoms with Crippen molar-refractivity contribution in [1.82, 2.24) is 14.5 Å². The monoisotopic (exact) mass is 275 g/mol. The standard InChI is InChI=1S/C14H17N3O3/c1-16-11(7-13(19)17(2)14(16)20)9-15-8-10-3-5-12(18)6-4-10/h3-7,15,18H,8-9H2,1-2H3. The van der Waals surface area contributed by atoms with E-state index in [1.807, 2.05) is 12.1 Å². The minimum absolute atomic E-state index is 0.225. The average molecular weight is 275 g/mol. The van der Waals surface area contributed by atoms with Crippen molar-refractivity contribution in [2.75, 3.05) is 0 Å². The van der Waals surface area contributed by atoms with Crippen molar-refractivity contribution in [3.63, 3.8) is 0 Å². The van der Waals surface area contributed by atoms with Crippen LogP contribution in [0.2, 0.25) is 0 Å². The van der Waals surface area contributed by atoms with Crippen molar-refractivity contribution < 1.29 is 5.11 Å². The highest BCUT2D eigenvalue weighted by Gasteiger charge is 2.05. The minimum atomic E-state index is -0.334. The van der Waals surface area contributed by atoms with Gasteiger partial charge in [0.1, 0.15) is 5.75 Å². The van der Waals surface area contributed by atoms with Crippen molar-refractivity contribution in [2.24, 2.45) is 14.1 Å². The molecular weight excluding hydrogens is 258 g/mol. The second-order valence-corrected chi connectivity index (χ2v) is 4.64. The fraction of sp³-hybridized carbons (Fsp3) is 0.286. The van der Waals surface area contributed by atoms with Gasteiger partial charge in [0.25, 0.3) is 5.56 Å². The van der Waals surface area contributed by atoms with E-state index in [0.717, 1.165) is 10.1 Å². The molecule has 0 amide bonds. The lowest BCUT2D eigenvalue weighted by molar-refractivity contribution is 0.475. The fourth-order valence-electron chi connectivity index (χ4n) is 1.90. The number of nitrogens with zero attached hydrogens (tertiary/aromatic N) is 2. The Morgan fingerprint density at radius 1 is 1.05 bits per heavy atom. The average Bonchev–Trinajstić information content (AvgIpc) is 2.44. The van der Waals surface area contributed by atoms with Crippen molar-refractivity contribution >= 4 is 0 Å². The number of phenolic OH excluding ortho intramolecular Hbond substituents is 1. The van der Waals surface area contributed by atoms with Gasteiger partial charge in [0.15, 0.2) is 0 Å². The van der Waals surface area contributed by atoms with Crippen LogP contribution in [0.4, 0.5) is 0 Å². The summed E-state index contributed by atoms with van der Waals surface area (Å²) in [5, 5.41) is 12.4. The van der Waals surface area contributed by atoms with E-state index in [1.54, 1.807) is 19.2 Å². The molecular formula is C14H17N3O3. The Hall–Kier alpha value is -2.34. The molecule has 1 aromatic carbocycles. The van der Waals surface area contributed by atoms with Crippen molar-refractivity contribution in [3.8, 4) is 5.75 Å². The molecule has 2 rings (SSSR count). The maximum atomic E-state index is 11.8. The number of hydrogen-bond acceptors (Lipinski definition) is 4. The summed E-state index contributed by atoms with van der Waals surface area (Å²) >= 11 is 0. The molecule has 2 aromatic rings. The van der Waals surface area contributed by atoms with Crippen molar-refractivity contribution in [2.45, 2.75) is 13.1 Å². The Bertz CT molecular complexity index is 714. The summed E-state index contributed by atoms with van der Waals surface area (Å²) in [6, 6.07) is 8.30. The Kier molecular flexibility index (Phi) is 4.05. The first-order valence-corrected chi connectivity index (χ1v) is 6.23. The molecule has 106 valence electrons. The molecule has 0 aliphatic carbocycles. The molecule has 0 spiro atoms. The van der Waals surface area contributed by atoms with Crippen LogP contribution in [0.5, 0.6) is 5.75 Å². The van der Waals surface area contributed by atoms with E-state index in [1.165, 1.54) is 17.7 Å². The van der Waals surface area contributed by atoms with Crippen LogP contribution in [0.15, 0.2) is 39.9 Å². The predicted molar refractivity (Wildman–Crippen MR) is 75.6 cm³/mol. The fourth-order valence-corrected chi connectivity index (χ4v) is 1.90. The maximum Gasteiger partial charge on any atom is 0.330 e. The zero-order chi connectivity index (χ0) is 14.7. The normalized spacial score (nSPS) is 10.7. The quantitative estimate of drug-likeness (QED) is 0.828. The number of hydrogen-bond donors (Lipinski definition) is 2. The van der Waals surface area contributed by atoms with Gasteiger partial charge in [0.05, 0.1) is 0 Å². The molecule has 1 aromatic heterocycles. The van der Waals surface area contributed by atoms with Crippen LogP contribution >= 0.6 is 0 Å². The lowest BCUT2D eigenvalue weighted by Gasteiger charge is -2.10. The number of benzene rings is 1. The molecule has 0 saturated heterocycles. The molecule has 0 unspecified atom stereocenters. The smallest absolute Gasteiger partial charge is 0.330 e. The van der Waals surface area contributed by atoms with E-state index in [0.29, 0.717) is 18.8 Å². The molecule has 0 aliphatic heterocycles. The third-order valence-corrected chi connectivity index (χ3v) is 3.20. The van der Waals surface area contributed by atoms with Gasteiger partial charge in [-0.3, -0.25) is 13.9 Å². The maximum absolute atomic E-state index is 11.8. The van der Waals surface area contributed by atoms with E-state index in [4.69, 9.17) is 0 Å². The zero-order valence-electron chi connectivity index (χ0n) is 11.5. The van der Waals surface area contributed by atoms with Gasteiger partial charge in [0, 0.05) is 38.9 Å². The SMILES string of the molecule is Cn1c(CNCc2ccc(O)cc2)cc(=O)n(C)c1=O. The van der Waals surface area contributed by atoms with Crippen LogP contribution in [0.1, 0.15) is 11.3 Å². The van der Waals surface area contributed by atoms with Gasteiger partial charge in [-0.1, -0.05) is 12.1 Å². The molecule has 0 bridgehead atoms. The largest absolute Gasteiger partial charge is 0.508 e. The van der Waals surface area contributed by atoms with Gasteiger partial charge >= 0.3 is 5.69 Å². The Balaban J connectivity index is 2.07. The topological polar surface area (TPSA) is 76.3 Å². The van der Waals surface area contributed by atoms with E-state index in [9.17, 15) is 14.7 Å². The highest BCUT2D eigenvalue weighted by atomic mass is 16.3. The number of aromatic nitrogens is 2. The molecule has 0 saturated carbocycles. The first kappa shape index (κ1) is 14.1. The van der Waals surface area contributed by atoms with Gasteiger partial charge in [0.2, 0.25) is 0 Å². The van der Waals surface area contributed by atoms with Crippen molar-refractivity contribution in [1.29, 1.82) is 0 Å². The highest BCUT2D eigenvalue weighted by Crippen LogP contribution is 2.09. The number of nitrogens with one attached hydrogen (secondary N) is 1. The van der Waals surface area contributed by atoms with Gasteiger partial charge in [-0.05, 0) is 17.7 Å². The Morgan fingerprint density at radius 3 is 2.35 bits per heavy atom. The van der Waals surface area contributed by atoms with Gasteiger partial charge in [-0.25, -0.2) is 4.79 Å². The van der Waals surface area contributed by atoms with Gasteiger partial charge in [-0.15, -0.1) is 0 Å². The summed E-state index contributed by atoms with van der Waals surface area (Å²) in [7, 11) is 3.09. The van der Waals surface area contributed by atoms with E-state index < -0.39 is 0 Å². The molecule has 0 atom stereocenters. The molecule has 1 heterocycles. The van der Waals surface area contributed by atoms with Crippen LogP contribution in [0.25, 0.3) is 0 Å². The second kappa shape index (κ2) is 5.75. The molecule has 0 radical (unpaired) electrons. The molecule has 6 nitrogen and oxygen atoms in total. The van der Waals surface area contributed by atoms with E-state index in [2.05, 4.69) is 5.32 Å². The number of aromatic hydroxyl groups is 1. The predicted octanol–water partition coefficient (Wildman–Crippen LogP) is 0.0794. The lowest BCUT2D eigenvalue weighted by atomic mass is 10.2. The lowest BCUT2D eigenvalue weighted by Crippen LogP contribution is -2.38. The van der Waals surface area contributed by atoms with Gasteiger partial charge in [-0.2, -0.15) is 0 Å². The van der Waals surface area contributed by atoms with Gasteiger partial charge < -0.3 is 10.4 Å². The van der Waals surface area contributed by atoms with Crippen LogP contribution in [0.3, 0.4) is 0 Å². The summed E-state index contributed by atoms with van der Waals surface area (Å²) in [5.41, 5.74) is 1.00. The Labute approximate surface area is 115 Å². The number of rotatable bonds is 4. The molecule has 0 fully saturated rings. The molecule has 6 heteroatoms. The summed E-state index contributed by atoms with van der Waals surface area (Å²) in [6.45, 7) is 1.01. The molecule has 20 heavy (non-hydrogen) atoms. The van der Waals surface area contributed by atoms with Crippen LogP contribution in [0, 0.1) is 0 Å². The summed E-state index contributed by atoms with van der Waals surface area (Å²) in [6.07, 6.45) is 0. The van der Waals surface area contributed by atoms with Crippen LogP contribution < -0.4 is 16.6 Å². The number of phenols is 1. The van der Waals surface area contributed by atoms with Crippen LogP contribution in [-0.2, 0) is 27.2 Å². The molecule has 0 aliphatic rings. The minimum Gasteiger partial charge on any atom is -0.508 e. The third-order valence-electron chi connectivity index (χ3n) is 3.20. The molecule has 2 N–H and O–H groups in total. The highest BCUT2D eigenvalue weighted by molar-refractivity contribution is 5.25. The Morgan fingerprint density at radius 2 is 1.70 bits per heavy atom. The second-order valence-electron chi connectivity index (χ2n) is 4.64.